The van der Waals surface area contributed by atoms with Crippen molar-refractivity contribution in [1.29, 1.82) is 0 Å². The zero-order valence-electron chi connectivity index (χ0n) is 12.9. The van der Waals surface area contributed by atoms with E-state index in [0.29, 0.717) is 18.9 Å². The molecule has 0 fully saturated rings. The average Bonchev–Trinajstić information content (AvgIpc) is 2.32. The fourth-order valence-electron chi connectivity index (χ4n) is 1.39. The van der Waals surface area contributed by atoms with E-state index in [1.54, 1.807) is 0 Å². The number of carbonyl (C=O) groups is 2. The first kappa shape index (κ1) is 17.7. The smallest absolute Gasteiger partial charge is 0.326 e. The third-order valence-electron chi connectivity index (χ3n) is 4.03. The van der Waals surface area contributed by atoms with Crippen LogP contribution in [0, 0.1) is 17.3 Å². The number of aliphatic carboxylic acids is 1. The molecule has 0 radical (unpaired) electrons. The number of hydrogen-bond acceptors (Lipinski definition) is 2. The maximum atomic E-state index is 11.8. The van der Waals surface area contributed by atoms with Gasteiger partial charge in [-0.25, -0.2) is 9.59 Å². The molecule has 0 saturated carbocycles. The topological polar surface area (TPSA) is 78.4 Å². The van der Waals surface area contributed by atoms with Gasteiger partial charge in [-0.05, 0) is 17.3 Å². The van der Waals surface area contributed by atoms with E-state index in [1.165, 1.54) is 0 Å². The van der Waals surface area contributed by atoms with Gasteiger partial charge in [0.15, 0.2) is 0 Å². The van der Waals surface area contributed by atoms with Gasteiger partial charge in [-0.3, -0.25) is 0 Å². The Labute approximate surface area is 116 Å². The molecule has 0 bridgehead atoms. The van der Waals surface area contributed by atoms with Crippen LogP contribution in [-0.2, 0) is 4.79 Å². The monoisotopic (exact) mass is 272 g/mol. The first-order valence-electron chi connectivity index (χ1n) is 6.89. The number of hydrogen-bond donors (Lipinski definition) is 3. The van der Waals surface area contributed by atoms with Crippen LogP contribution >= 0.6 is 0 Å². The summed E-state index contributed by atoms with van der Waals surface area (Å²) in [6.07, 6.45) is 0.703. The van der Waals surface area contributed by atoms with Gasteiger partial charge in [0.25, 0.3) is 0 Å². The van der Waals surface area contributed by atoms with Crippen molar-refractivity contribution in [3.63, 3.8) is 0 Å². The Morgan fingerprint density at radius 2 is 1.74 bits per heavy atom. The Hall–Kier alpha value is -1.26. The third-order valence-corrected chi connectivity index (χ3v) is 4.03. The predicted octanol–water partition coefficient (Wildman–Crippen LogP) is 2.47. The lowest BCUT2D eigenvalue weighted by atomic mass is 9.81. The van der Waals surface area contributed by atoms with Crippen molar-refractivity contribution in [2.24, 2.45) is 17.3 Å². The van der Waals surface area contributed by atoms with Crippen LogP contribution in [0.2, 0.25) is 0 Å². The molecule has 5 heteroatoms. The van der Waals surface area contributed by atoms with E-state index in [-0.39, 0.29) is 11.3 Å². The summed E-state index contributed by atoms with van der Waals surface area (Å²) in [6.45, 7) is 12.6. The molecule has 19 heavy (non-hydrogen) atoms. The average molecular weight is 272 g/mol. The highest BCUT2D eigenvalue weighted by Crippen LogP contribution is 2.24. The molecule has 2 unspecified atom stereocenters. The number of amides is 2. The standard InChI is InChI=1S/C14H28N2O3/c1-7-10(4)11(12(17)18)16-13(19)15-8-14(5,6)9(2)3/h9-11H,7-8H2,1-6H3,(H,17,18)(H2,15,16,19). The van der Waals surface area contributed by atoms with Crippen LogP contribution in [0.3, 0.4) is 0 Å². The van der Waals surface area contributed by atoms with Gasteiger partial charge in [-0.1, -0.05) is 48.0 Å². The van der Waals surface area contributed by atoms with Crippen molar-refractivity contribution >= 4 is 12.0 Å². The third kappa shape index (κ3) is 5.94. The van der Waals surface area contributed by atoms with Gasteiger partial charge >= 0.3 is 12.0 Å². The predicted molar refractivity (Wildman–Crippen MR) is 76.0 cm³/mol. The number of carbonyl (C=O) groups excluding carboxylic acids is 1. The van der Waals surface area contributed by atoms with Crippen molar-refractivity contribution in [3.8, 4) is 0 Å². The van der Waals surface area contributed by atoms with E-state index in [9.17, 15) is 9.59 Å². The SMILES string of the molecule is CCC(C)C(NC(=O)NCC(C)(C)C(C)C)C(=O)O. The molecular weight excluding hydrogens is 244 g/mol. The van der Waals surface area contributed by atoms with Crippen LogP contribution in [0.1, 0.15) is 48.0 Å². The number of carboxylic acid groups (broad SMARTS) is 1. The fraction of sp³-hybridized carbons (Fsp3) is 0.857. The molecule has 0 aromatic rings. The van der Waals surface area contributed by atoms with Crippen LogP contribution in [0.5, 0.6) is 0 Å². The molecule has 0 spiro atoms. The fourth-order valence-corrected chi connectivity index (χ4v) is 1.39. The summed E-state index contributed by atoms with van der Waals surface area (Å²) in [5.41, 5.74) is -0.0214. The minimum atomic E-state index is -0.993. The summed E-state index contributed by atoms with van der Waals surface area (Å²) in [6, 6.07) is -1.26. The van der Waals surface area contributed by atoms with E-state index >= 15 is 0 Å². The normalized spacial score (nSPS) is 14.9. The lowest BCUT2D eigenvalue weighted by Gasteiger charge is -2.30. The molecule has 2 atom stereocenters. The van der Waals surface area contributed by atoms with Crippen LogP contribution < -0.4 is 10.6 Å². The zero-order chi connectivity index (χ0) is 15.2. The summed E-state index contributed by atoms with van der Waals surface area (Å²) in [4.78, 5) is 22.9. The summed E-state index contributed by atoms with van der Waals surface area (Å²) in [7, 11) is 0. The molecule has 0 aliphatic heterocycles. The lowest BCUT2D eigenvalue weighted by molar-refractivity contribution is -0.140. The highest BCUT2D eigenvalue weighted by molar-refractivity contribution is 5.82. The summed E-state index contributed by atoms with van der Waals surface area (Å²) >= 11 is 0. The van der Waals surface area contributed by atoms with E-state index in [0.717, 1.165) is 0 Å². The number of nitrogens with one attached hydrogen (secondary N) is 2. The Balaban J connectivity index is 4.40. The van der Waals surface area contributed by atoms with Crippen LogP contribution in [0.15, 0.2) is 0 Å². The van der Waals surface area contributed by atoms with Gasteiger partial charge in [-0.15, -0.1) is 0 Å². The van der Waals surface area contributed by atoms with Crippen molar-refractivity contribution in [3.05, 3.63) is 0 Å². The molecule has 3 N–H and O–H groups in total. The molecule has 0 aliphatic rings. The molecular formula is C14H28N2O3. The summed E-state index contributed by atoms with van der Waals surface area (Å²) < 4.78 is 0. The van der Waals surface area contributed by atoms with Gasteiger partial charge in [0.05, 0.1) is 0 Å². The molecule has 112 valence electrons. The molecule has 5 nitrogen and oxygen atoms in total. The quantitative estimate of drug-likeness (QED) is 0.666. The van der Waals surface area contributed by atoms with Crippen LogP contribution in [-0.4, -0.2) is 29.7 Å². The second-order valence-electron chi connectivity index (χ2n) is 6.17. The van der Waals surface area contributed by atoms with Gasteiger partial charge in [-0.2, -0.15) is 0 Å². The van der Waals surface area contributed by atoms with Gasteiger partial charge in [0, 0.05) is 6.54 Å². The number of rotatable bonds is 7. The zero-order valence-corrected chi connectivity index (χ0v) is 12.9. The first-order valence-corrected chi connectivity index (χ1v) is 6.89. The van der Waals surface area contributed by atoms with Crippen molar-refractivity contribution in [1.82, 2.24) is 10.6 Å². The molecule has 0 aromatic heterocycles. The maximum Gasteiger partial charge on any atom is 0.326 e. The molecule has 0 rings (SSSR count). The van der Waals surface area contributed by atoms with Gasteiger partial charge in [0.1, 0.15) is 6.04 Å². The Morgan fingerprint density at radius 3 is 2.11 bits per heavy atom. The van der Waals surface area contributed by atoms with Crippen molar-refractivity contribution in [2.75, 3.05) is 6.54 Å². The largest absolute Gasteiger partial charge is 0.480 e. The minimum Gasteiger partial charge on any atom is -0.480 e. The van der Waals surface area contributed by atoms with Crippen molar-refractivity contribution < 1.29 is 14.7 Å². The second-order valence-corrected chi connectivity index (χ2v) is 6.17. The molecule has 0 saturated heterocycles. The molecule has 0 aliphatic carbocycles. The Bertz CT molecular complexity index is 314. The molecule has 0 aromatic carbocycles. The van der Waals surface area contributed by atoms with E-state index in [2.05, 4.69) is 38.3 Å². The molecule has 0 heterocycles. The summed E-state index contributed by atoms with van der Waals surface area (Å²) in [5, 5.41) is 14.4. The highest BCUT2D eigenvalue weighted by atomic mass is 16.4. The van der Waals surface area contributed by atoms with E-state index < -0.39 is 18.0 Å². The minimum absolute atomic E-state index is 0.0214. The van der Waals surface area contributed by atoms with Gasteiger partial charge in [0.2, 0.25) is 0 Å². The Kier molecular flexibility index (Phi) is 6.87. The van der Waals surface area contributed by atoms with Crippen molar-refractivity contribution in [2.45, 2.75) is 54.0 Å². The lowest BCUT2D eigenvalue weighted by Crippen LogP contribution is -2.51. The van der Waals surface area contributed by atoms with E-state index in [4.69, 9.17) is 5.11 Å². The van der Waals surface area contributed by atoms with E-state index in [1.807, 2.05) is 13.8 Å². The Morgan fingerprint density at radius 1 is 1.21 bits per heavy atom. The summed E-state index contributed by atoms with van der Waals surface area (Å²) in [5.74, 6) is -0.661. The van der Waals surface area contributed by atoms with Gasteiger partial charge < -0.3 is 15.7 Å². The maximum absolute atomic E-state index is 11.8. The molecule has 2 amide bonds. The van der Waals surface area contributed by atoms with Crippen LogP contribution in [0.25, 0.3) is 0 Å². The number of urea groups is 1. The first-order chi connectivity index (χ1) is 8.61. The highest BCUT2D eigenvalue weighted by Gasteiger charge is 2.27. The number of carboxylic acids is 1. The second kappa shape index (κ2) is 7.36. The van der Waals surface area contributed by atoms with Crippen LogP contribution in [0.4, 0.5) is 4.79 Å².